The Morgan fingerprint density at radius 3 is 1.21 bits per heavy atom. The van der Waals surface area contributed by atoms with Gasteiger partial charge in [-0.05, 0) is 86.8 Å². The second kappa shape index (κ2) is 9.82. The van der Waals surface area contributed by atoms with Crippen LogP contribution >= 0.6 is 0 Å². The third-order valence-electron chi connectivity index (χ3n) is 5.94. The zero-order valence-electron chi connectivity index (χ0n) is 16.8. The summed E-state index contributed by atoms with van der Waals surface area (Å²) in [5.41, 5.74) is 2.39. The monoisotopic (exact) mass is 376 g/mol. The van der Waals surface area contributed by atoms with Crippen molar-refractivity contribution in [3.63, 3.8) is 0 Å². The highest BCUT2D eigenvalue weighted by Gasteiger charge is 2.15. The maximum absolute atomic E-state index is 6.11. The van der Waals surface area contributed by atoms with Crippen molar-refractivity contribution in [3.8, 4) is 11.5 Å². The van der Waals surface area contributed by atoms with Crippen molar-refractivity contribution >= 4 is 12.2 Å². The summed E-state index contributed by atoms with van der Waals surface area (Å²) in [5.74, 6) is 1.99. The standard InChI is InChI=1S/C26H32O2/c1-3-7-23(8-4-1)27-25-17-13-21(14-18-25)11-12-22-15-19-26(20-16-22)28-24-9-5-2-6-10-24/h11-20,23-24H,1-10H2/b12-11+. The lowest BCUT2D eigenvalue weighted by molar-refractivity contribution is 0.155. The Bertz CT molecular complexity index is 668. The van der Waals surface area contributed by atoms with Gasteiger partial charge in [-0.1, -0.05) is 49.3 Å². The summed E-state index contributed by atoms with van der Waals surface area (Å²) in [4.78, 5) is 0. The van der Waals surface area contributed by atoms with E-state index in [1.165, 1.54) is 75.3 Å². The third kappa shape index (κ3) is 5.64. The summed E-state index contributed by atoms with van der Waals surface area (Å²) in [6.07, 6.45) is 17.8. The molecule has 148 valence electrons. The average Bonchev–Trinajstić information content (AvgIpc) is 2.76. The summed E-state index contributed by atoms with van der Waals surface area (Å²) in [5, 5.41) is 0. The van der Waals surface area contributed by atoms with Gasteiger partial charge in [-0.25, -0.2) is 0 Å². The van der Waals surface area contributed by atoms with Crippen LogP contribution in [-0.2, 0) is 0 Å². The van der Waals surface area contributed by atoms with E-state index >= 15 is 0 Å². The third-order valence-corrected chi connectivity index (χ3v) is 5.94. The van der Waals surface area contributed by atoms with Crippen LogP contribution in [-0.4, -0.2) is 12.2 Å². The number of rotatable bonds is 6. The minimum atomic E-state index is 0.407. The van der Waals surface area contributed by atoms with Crippen LogP contribution in [0, 0.1) is 0 Å². The fourth-order valence-corrected chi connectivity index (χ4v) is 4.26. The van der Waals surface area contributed by atoms with Crippen molar-refractivity contribution in [1.29, 1.82) is 0 Å². The van der Waals surface area contributed by atoms with Gasteiger partial charge in [0.25, 0.3) is 0 Å². The van der Waals surface area contributed by atoms with E-state index in [4.69, 9.17) is 9.47 Å². The van der Waals surface area contributed by atoms with Crippen molar-refractivity contribution in [2.75, 3.05) is 0 Å². The quantitative estimate of drug-likeness (QED) is 0.493. The van der Waals surface area contributed by atoms with E-state index in [9.17, 15) is 0 Å². The molecule has 2 aliphatic rings. The highest BCUT2D eigenvalue weighted by molar-refractivity contribution is 5.70. The molecule has 0 heterocycles. The lowest BCUT2D eigenvalue weighted by atomic mass is 9.98. The Labute approximate surface area is 169 Å². The summed E-state index contributed by atoms with van der Waals surface area (Å²) in [7, 11) is 0. The van der Waals surface area contributed by atoms with Crippen molar-refractivity contribution in [3.05, 3.63) is 59.7 Å². The molecule has 2 saturated carbocycles. The van der Waals surface area contributed by atoms with E-state index in [0.717, 1.165) is 11.5 Å². The first-order valence-corrected chi connectivity index (χ1v) is 11.1. The lowest BCUT2D eigenvalue weighted by Gasteiger charge is -2.23. The van der Waals surface area contributed by atoms with Gasteiger partial charge in [0.05, 0.1) is 12.2 Å². The van der Waals surface area contributed by atoms with Crippen LogP contribution in [0.1, 0.15) is 75.3 Å². The van der Waals surface area contributed by atoms with Gasteiger partial charge in [-0.3, -0.25) is 0 Å². The molecule has 0 aliphatic heterocycles. The number of ether oxygens (including phenoxy) is 2. The maximum atomic E-state index is 6.11. The molecule has 0 radical (unpaired) electrons. The highest BCUT2D eigenvalue weighted by atomic mass is 16.5. The molecule has 0 spiro atoms. The molecule has 2 aromatic rings. The van der Waals surface area contributed by atoms with E-state index in [2.05, 4.69) is 60.7 Å². The van der Waals surface area contributed by atoms with Crippen molar-refractivity contribution in [2.24, 2.45) is 0 Å². The van der Waals surface area contributed by atoms with E-state index in [-0.39, 0.29) is 0 Å². The summed E-state index contributed by atoms with van der Waals surface area (Å²) >= 11 is 0. The van der Waals surface area contributed by atoms with Crippen LogP contribution in [0.2, 0.25) is 0 Å². The second-order valence-corrected chi connectivity index (χ2v) is 8.23. The van der Waals surface area contributed by atoms with Gasteiger partial charge in [-0.15, -0.1) is 0 Å². The Hall–Kier alpha value is -2.22. The number of benzene rings is 2. The second-order valence-electron chi connectivity index (χ2n) is 8.23. The Morgan fingerprint density at radius 1 is 0.500 bits per heavy atom. The molecule has 2 fully saturated rings. The maximum Gasteiger partial charge on any atom is 0.119 e. The van der Waals surface area contributed by atoms with Crippen LogP contribution in [0.25, 0.3) is 12.2 Å². The molecule has 0 N–H and O–H groups in total. The minimum Gasteiger partial charge on any atom is -0.490 e. The highest BCUT2D eigenvalue weighted by Crippen LogP contribution is 2.25. The molecule has 2 heteroatoms. The normalized spacial score (nSPS) is 19.0. The topological polar surface area (TPSA) is 18.5 Å². The van der Waals surface area contributed by atoms with Crippen molar-refractivity contribution in [2.45, 2.75) is 76.4 Å². The molecule has 0 aromatic heterocycles. The minimum absolute atomic E-state index is 0.407. The first-order chi connectivity index (χ1) is 13.8. The molecular formula is C26H32O2. The molecule has 28 heavy (non-hydrogen) atoms. The van der Waals surface area contributed by atoms with Crippen LogP contribution in [0.3, 0.4) is 0 Å². The van der Waals surface area contributed by atoms with Crippen molar-refractivity contribution < 1.29 is 9.47 Å². The molecule has 4 rings (SSSR count). The van der Waals surface area contributed by atoms with E-state index in [1.807, 2.05) is 0 Å². The van der Waals surface area contributed by atoms with E-state index in [0.29, 0.717) is 12.2 Å². The zero-order valence-corrected chi connectivity index (χ0v) is 16.8. The van der Waals surface area contributed by atoms with E-state index < -0.39 is 0 Å². The van der Waals surface area contributed by atoms with Crippen LogP contribution in [0.15, 0.2) is 48.5 Å². The smallest absolute Gasteiger partial charge is 0.119 e. The fourth-order valence-electron chi connectivity index (χ4n) is 4.26. The van der Waals surface area contributed by atoms with Crippen molar-refractivity contribution in [1.82, 2.24) is 0 Å². The van der Waals surface area contributed by atoms with E-state index in [1.54, 1.807) is 0 Å². The number of hydrogen-bond donors (Lipinski definition) is 0. The van der Waals surface area contributed by atoms with Gasteiger partial charge in [-0.2, -0.15) is 0 Å². The first-order valence-electron chi connectivity index (χ1n) is 11.1. The molecule has 0 unspecified atom stereocenters. The Balaban J connectivity index is 1.29. The summed E-state index contributed by atoms with van der Waals surface area (Å²) in [6.45, 7) is 0. The molecular weight excluding hydrogens is 344 g/mol. The van der Waals surface area contributed by atoms with Crippen LogP contribution < -0.4 is 9.47 Å². The number of hydrogen-bond acceptors (Lipinski definition) is 2. The molecule has 0 atom stereocenters. The fraction of sp³-hybridized carbons (Fsp3) is 0.462. The van der Waals surface area contributed by atoms with Crippen LogP contribution in [0.4, 0.5) is 0 Å². The predicted molar refractivity (Wildman–Crippen MR) is 117 cm³/mol. The zero-order chi connectivity index (χ0) is 19.0. The predicted octanol–water partition coefficient (Wildman–Crippen LogP) is 7.28. The van der Waals surface area contributed by atoms with Gasteiger partial charge in [0, 0.05) is 0 Å². The first kappa shape index (κ1) is 19.1. The average molecular weight is 377 g/mol. The lowest BCUT2D eigenvalue weighted by Crippen LogP contribution is -2.19. The van der Waals surface area contributed by atoms with Gasteiger partial charge < -0.3 is 9.47 Å². The van der Waals surface area contributed by atoms with Gasteiger partial charge in [0.1, 0.15) is 11.5 Å². The SMILES string of the molecule is C(=C\c1ccc(OC2CCCCC2)cc1)/c1ccc(OC2CCCCC2)cc1. The van der Waals surface area contributed by atoms with Crippen LogP contribution in [0.5, 0.6) is 11.5 Å². The van der Waals surface area contributed by atoms with Gasteiger partial charge >= 0.3 is 0 Å². The molecule has 2 nitrogen and oxygen atoms in total. The molecule has 2 aliphatic carbocycles. The Kier molecular flexibility index (Phi) is 6.70. The molecule has 0 bridgehead atoms. The summed E-state index contributed by atoms with van der Waals surface area (Å²) in [6, 6.07) is 16.9. The largest absolute Gasteiger partial charge is 0.490 e. The molecule has 0 saturated heterocycles. The molecule has 2 aromatic carbocycles. The Morgan fingerprint density at radius 2 is 0.857 bits per heavy atom. The summed E-state index contributed by atoms with van der Waals surface area (Å²) < 4.78 is 12.2. The molecule has 0 amide bonds. The van der Waals surface area contributed by atoms with Gasteiger partial charge in [0.15, 0.2) is 0 Å². The van der Waals surface area contributed by atoms with Gasteiger partial charge in [0.2, 0.25) is 0 Å².